The molecule has 0 spiro atoms. The highest BCUT2D eigenvalue weighted by Crippen LogP contribution is 2.32. The van der Waals surface area contributed by atoms with Crippen molar-refractivity contribution in [2.75, 3.05) is 19.7 Å². The Hall–Kier alpha value is -3.00. The summed E-state index contributed by atoms with van der Waals surface area (Å²) in [5, 5.41) is 8.84. The minimum atomic E-state index is -0.783. The summed E-state index contributed by atoms with van der Waals surface area (Å²) in [7, 11) is 0. The second-order valence-corrected chi connectivity index (χ2v) is 10.6. The summed E-state index contributed by atoms with van der Waals surface area (Å²) in [5.74, 6) is -1.12. The van der Waals surface area contributed by atoms with Crippen molar-refractivity contribution < 1.29 is 24.2 Å². The smallest absolute Gasteiger partial charge is 0.303 e. The number of amides is 1. The molecule has 2 aromatic rings. The Morgan fingerprint density at radius 3 is 2.41 bits per heavy atom. The lowest BCUT2D eigenvalue weighted by molar-refractivity contribution is -0.136. The Labute approximate surface area is 232 Å². The number of likely N-dealkylation sites (tertiary alicyclic amines) is 1. The zero-order valence-electron chi connectivity index (χ0n) is 22.8. The number of hydrogen-bond acceptors (Lipinski definition) is 5. The Morgan fingerprint density at radius 2 is 1.69 bits per heavy atom. The van der Waals surface area contributed by atoms with Gasteiger partial charge in [-0.3, -0.25) is 14.5 Å². The van der Waals surface area contributed by atoms with E-state index in [0.29, 0.717) is 25.7 Å². The lowest BCUT2D eigenvalue weighted by Gasteiger charge is -2.33. The van der Waals surface area contributed by atoms with E-state index in [1.165, 1.54) is 25.7 Å². The highest BCUT2D eigenvalue weighted by molar-refractivity contribution is 5.80. The number of benzene rings is 2. The van der Waals surface area contributed by atoms with E-state index in [9.17, 15) is 9.59 Å². The molecule has 3 atom stereocenters. The Kier molecular flexibility index (Phi) is 11.1. The molecule has 1 saturated carbocycles. The molecule has 4 rings (SSSR count). The highest BCUT2D eigenvalue weighted by Gasteiger charge is 2.40. The standard InChI is InChI=1S/C32H42N2O5/c33-30(35)22-26-10-5-6-11-27(26)25-15-13-24(14-16-25)23-39-29-18-17-28(34-19-7-1-2-8-20-34)32(29)38-21-9-3-4-12-31(36)37/h3,5-6,9-11,13-16,28-29,32H,1-2,4,7-8,12,17-23H2,(H2,33,35)(H,36,37)/b9-3-/t28-,29+,32+/m0/s1. The molecule has 7 heteroatoms. The molecule has 1 amide bonds. The molecule has 3 N–H and O–H groups in total. The SMILES string of the molecule is NC(=O)Cc1ccccc1-c1ccc(CO[C@@H]2CC[C@H](N3CCCCCC3)[C@H]2OC/C=C\CCC(=O)O)cc1. The van der Waals surface area contributed by atoms with Crippen LogP contribution in [0.15, 0.2) is 60.7 Å². The van der Waals surface area contributed by atoms with E-state index < -0.39 is 5.97 Å². The van der Waals surface area contributed by atoms with Gasteiger partial charge in [-0.1, -0.05) is 73.5 Å². The molecule has 2 aromatic carbocycles. The first-order valence-electron chi connectivity index (χ1n) is 14.3. The maximum atomic E-state index is 11.5. The second-order valence-electron chi connectivity index (χ2n) is 10.6. The molecule has 1 aliphatic heterocycles. The largest absolute Gasteiger partial charge is 0.481 e. The summed E-state index contributed by atoms with van der Waals surface area (Å²) in [6.07, 6.45) is 11.8. The fourth-order valence-corrected chi connectivity index (χ4v) is 5.81. The van der Waals surface area contributed by atoms with Gasteiger partial charge >= 0.3 is 5.97 Å². The van der Waals surface area contributed by atoms with Crippen LogP contribution in [-0.2, 0) is 32.1 Å². The number of ether oxygens (including phenoxy) is 2. The van der Waals surface area contributed by atoms with Crippen LogP contribution in [-0.4, -0.2) is 59.8 Å². The van der Waals surface area contributed by atoms with Crippen molar-refractivity contribution in [3.63, 3.8) is 0 Å². The van der Waals surface area contributed by atoms with Crippen molar-refractivity contribution in [2.45, 2.75) is 82.6 Å². The number of nitrogens with two attached hydrogens (primary N) is 1. The minimum absolute atomic E-state index is 0.00725. The van der Waals surface area contributed by atoms with Crippen molar-refractivity contribution in [3.8, 4) is 11.1 Å². The average molecular weight is 535 g/mol. The maximum Gasteiger partial charge on any atom is 0.303 e. The van der Waals surface area contributed by atoms with Gasteiger partial charge in [0.05, 0.1) is 31.8 Å². The zero-order chi connectivity index (χ0) is 27.5. The predicted molar refractivity (Wildman–Crippen MR) is 152 cm³/mol. The van der Waals surface area contributed by atoms with Gasteiger partial charge in [-0.2, -0.15) is 0 Å². The van der Waals surface area contributed by atoms with Crippen LogP contribution in [0, 0.1) is 0 Å². The summed E-state index contributed by atoms with van der Waals surface area (Å²) in [6, 6.07) is 16.5. The summed E-state index contributed by atoms with van der Waals surface area (Å²) < 4.78 is 12.9. The van der Waals surface area contributed by atoms with Gasteiger partial charge < -0.3 is 20.3 Å². The normalized spacial score (nSPS) is 22.2. The van der Waals surface area contributed by atoms with Crippen LogP contribution in [0.2, 0.25) is 0 Å². The van der Waals surface area contributed by atoms with Crippen molar-refractivity contribution in [1.29, 1.82) is 0 Å². The number of carboxylic acids is 1. The first-order valence-corrected chi connectivity index (χ1v) is 14.3. The van der Waals surface area contributed by atoms with E-state index in [1.807, 2.05) is 36.4 Å². The van der Waals surface area contributed by atoms with Gasteiger partial charge in [0.1, 0.15) is 0 Å². The van der Waals surface area contributed by atoms with Gasteiger partial charge in [-0.25, -0.2) is 0 Å². The van der Waals surface area contributed by atoms with Crippen molar-refractivity contribution in [1.82, 2.24) is 4.90 Å². The summed E-state index contributed by atoms with van der Waals surface area (Å²) in [5.41, 5.74) is 9.53. The predicted octanol–water partition coefficient (Wildman–Crippen LogP) is 5.11. The van der Waals surface area contributed by atoms with Crippen LogP contribution >= 0.6 is 0 Å². The lowest BCUT2D eigenvalue weighted by atomic mass is 9.97. The van der Waals surface area contributed by atoms with Crippen molar-refractivity contribution >= 4 is 11.9 Å². The zero-order valence-corrected chi connectivity index (χ0v) is 22.8. The fourth-order valence-electron chi connectivity index (χ4n) is 5.81. The van der Waals surface area contributed by atoms with E-state index in [0.717, 1.165) is 48.2 Å². The van der Waals surface area contributed by atoms with Gasteiger partial charge in [0, 0.05) is 12.5 Å². The topological polar surface area (TPSA) is 102 Å². The van der Waals surface area contributed by atoms with Crippen LogP contribution < -0.4 is 5.73 Å². The number of nitrogens with zero attached hydrogens (tertiary/aromatic N) is 1. The molecule has 1 aliphatic carbocycles. The minimum Gasteiger partial charge on any atom is -0.481 e. The second kappa shape index (κ2) is 15.0. The fraction of sp³-hybridized carbons (Fsp3) is 0.500. The number of aliphatic carboxylic acids is 1. The maximum absolute atomic E-state index is 11.5. The molecule has 7 nitrogen and oxygen atoms in total. The van der Waals surface area contributed by atoms with Gasteiger partial charge in [-0.05, 0) is 67.4 Å². The molecular weight excluding hydrogens is 492 g/mol. The van der Waals surface area contributed by atoms with E-state index in [1.54, 1.807) is 0 Å². The number of rotatable bonds is 13. The molecule has 0 radical (unpaired) electrons. The van der Waals surface area contributed by atoms with Crippen LogP contribution in [0.3, 0.4) is 0 Å². The van der Waals surface area contributed by atoms with Gasteiger partial charge in [0.25, 0.3) is 0 Å². The van der Waals surface area contributed by atoms with Crippen LogP contribution in [0.4, 0.5) is 0 Å². The molecule has 2 fully saturated rings. The van der Waals surface area contributed by atoms with Crippen LogP contribution in [0.1, 0.15) is 62.5 Å². The van der Waals surface area contributed by atoms with Crippen molar-refractivity contribution in [2.24, 2.45) is 5.73 Å². The number of carbonyl (C=O) groups is 2. The molecule has 0 bridgehead atoms. The molecule has 1 saturated heterocycles. The molecular formula is C32H42N2O5. The number of carbonyl (C=O) groups excluding carboxylic acids is 1. The monoisotopic (exact) mass is 534 g/mol. The molecule has 2 aliphatic rings. The first kappa shape index (κ1) is 29.0. The number of hydrogen-bond donors (Lipinski definition) is 2. The first-order chi connectivity index (χ1) is 19.0. The van der Waals surface area contributed by atoms with Gasteiger partial charge in [-0.15, -0.1) is 0 Å². The van der Waals surface area contributed by atoms with Crippen LogP contribution in [0.25, 0.3) is 11.1 Å². The van der Waals surface area contributed by atoms with E-state index in [4.69, 9.17) is 20.3 Å². The van der Waals surface area contributed by atoms with Gasteiger partial charge in [0.2, 0.25) is 5.91 Å². The Balaban J connectivity index is 1.38. The average Bonchev–Trinajstić information content (AvgIpc) is 3.12. The lowest BCUT2D eigenvalue weighted by Crippen LogP contribution is -2.45. The van der Waals surface area contributed by atoms with Crippen LogP contribution in [0.5, 0.6) is 0 Å². The number of primary amides is 1. The highest BCUT2D eigenvalue weighted by atomic mass is 16.5. The molecule has 210 valence electrons. The molecule has 39 heavy (non-hydrogen) atoms. The number of allylic oxidation sites excluding steroid dienone is 1. The molecule has 0 unspecified atom stereocenters. The molecule has 0 aromatic heterocycles. The summed E-state index contributed by atoms with van der Waals surface area (Å²) in [4.78, 5) is 24.9. The summed E-state index contributed by atoms with van der Waals surface area (Å²) >= 11 is 0. The quantitative estimate of drug-likeness (QED) is 0.346. The number of carboxylic acid groups (broad SMARTS) is 1. The third-order valence-corrected chi connectivity index (χ3v) is 7.79. The van der Waals surface area contributed by atoms with Crippen molar-refractivity contribution in [3.05, 3.63) is 71.8 Å². The van der Waals surface area contributed by atoms with E-state index in [2.05, 4.69) is 29.2 Å². The Bertz CT molecular complexity index is 1090. The van der Waals surface area contributed by atoms with E-state index >= 15 is 0 Å². The third kappa shape index (κ3) is 8.75. The summed E-state index contributed by atoms with van der Waals surface area (Å²) in [6.45, 7) is 3.21. The Morgan fingerprint density at radius 1 is 0.949 bits per heavy atom. The molecule has 1 heterocycles. The van der Waals surface area contributed by atoms with E-state index in [-0.39, 0.29) is 31.0 Å². The third-order valence-electron chi connectivity index (χ3n) is 7.79. The van der Waals surface area contributed by atoms with Gasteiger partial charge in [0.15, 0.2) is 0 Å².